The van der Waals surface area contributed by atoms with E-state index in [2.05, 4.69) is 10.3 Å². The molecule has 1 fully saturated rings. The molecule has 1 N–H and O–H groups in total. The summed E-state index contributed by atoms with van der Waals surface area (Å²) in [7, 11) is 0. The van der Waals surface area contributed by atoms with Crippen molar-refractivity contribution in [2.24, 2.45) is 0 Å². The minimum atomic E-state index is -0.606. The number of halogens is 1. The monoisotopic (exact) mass is 238 g/mol. The fourth-order valence-electron chi connectivity index (χ4n) is 1.93. The number of carbonyl (C=O) groups is 1. The summed E-state index contributed by atoms with van der Waals surface area (Å²) in [5.41, 5.74) is -0.391. The Kier molecular flexibility index (Phi) is 3.38. The number of amides is 1. The van der Waals surface area contributed by atoms with Crippen LogP contribution in [0.25, 0.3) is 0 Å². The number of rotatable bonds is 2. The molecule has 0 aliphatic carbocycles. The second kappa shape index (κ2) is 4.79. The maximum atomic E-state index is 13.4. The van der Waals surface area contributed by atoms with Gasteiger partial charge in [0.1, 0.15) is 0 Å². The van der Waals surface area contributed by atoms with Crippen molar-refractivity contribution in [3.63, 3.8) is 0 Å². The van der Waals surface area contributed by atoms with Crippen LogP contribution in [-0.4, -0.2) is 29.6 Å². The first-order valence-electron chi connectivity index (χ1n) is 5.60. The molecule has 17 heavy (non-hydrogen) atoms. The lowest BCUT2D eigenvalue weighted by molar-refractivity contribution is 0.0271. The van der Waals surface area contributed by atoms with Crippen molar-refractivity contribution < 1.29 is 13.9 Å². The van der Waals surface area contributed by atoms with Crippen molar-refractivity contribution in [1.29, 1.82) is 0 Å². The van der Waals surface area contributed by atoms with Crippen molar-refractivity contribution in [2.45, 2.75) is 25.3 Å². The van der Waals surface area contributed by atoms with Gasteiger partial charge in [-0.1, -0.05) is 0 Å². The van der Waals surface area contributed by atoms with Crippen LogP contribution in [-0.2, 0) is 4.74 Å². The van der Waals surface area contributed by atoms with E-state index in [-0.39, 0.29) is 5.56 Å². The molecule has 1 atom stereocenters. The second-order valence-electron chi connectivity index (χ2n) is 4.53. The molecule has 2 heterocycles. The maximum absolute atomic E-state index is 13.4. The first kappa shape index (κ1) is 12.0. The van der Waals surface area contributed by atoms with Crippen LogP contribution in [0.15, 0.2) is 18.5 Å². The molecule has 92 valence electrons. The van der Waals surface area contributed by atoms with Gasteiger partial charge in [-0.15, -0.1) is 0 Å². The Morgan fingerprint density at radius 1 is 1.65 bits per heavy atom. The minimum absolute atomic E-state index is 0.0202. The predicted octanol–water partition coefficient (Wildman–Crippen LogP) is 1.52. The second-order valence-corrected chi connectivity index (χ2v) is 4.53. The first-order chi connectivity index (χ1) is 8.11. The smallest absolute Gasteiger partial charge is 0.254 e. The van der Waals surface area contributed by atoms with Gasteiger partial charge in [0.05, 0.1) is 23.9 Å². The van der Waals surface area contributed by atoms with E-state index < -0.39 is 17.3 Å². The van der Waals surface area contributed by atoms with E-state index in [1.165, 1.54) is 12.3 Å². The Bertz CT molecular complexity index is 417. The highest BCUT2D eigenvalue weighted by Gasteiger charge is 2.30. The van der Waals surface area contributed by atoms with Crippen molar-refractivity contribution in [3.8, 4) is 0 Å². The van der Waals surface area contributed by atoms with Gasteiger partial charge in [0.2, 0.25) is 0 Å². The predicted molar refractivity (Wildman–Crippen MR) is 60.1 cm³/mol. The van der Waals surface area contributed by atoms with Crippen LogP contribution >= 0.6 is 0 Å². The molecule has 1 amide bonds. The Labute approximate surface area is 99.2 Å². The third-order valence-electron chi connectivity index (χ3n) is 2.87. The van der Waals surface area contributed by atoms with E-state index in [0.29, 0.717) is 6.61 Å². The molecular formula is C12H15FN2O2. The van der Waals surface area contributed by atoms with E-state index in [4.69, 9.17) is 4.74 Å². The van der Waals surface area contributed by atoms with Crippen LogP contribution in [0.2, 0.25) is 0 Å². The van der Waals surface area contributed by atoms with Crippen molar-refractivity contribution in [3.05, 3.63) is 29.8 Å². The molecule has 1 saturated heterocycles. The van der Waals surface area contributed by atoms with Gasteiger partial charge in [-0.3, -0.25) is 9.78 Å². The number of pyridine rings is 1. The zero-order valence-corrected chi connectivity index (χ0v) is 9.70. The quantitative estimate of drug-likeness (QED) is 0.849. The molecule has 1 aromatic heterocycles. The van der Waals surface area contributed by atoms with Crippen molar-refractivity contribution in [2.75, 3.05) is 13.2 Å². The van der Waals surface area contributed by atoms with Gasteiger partial charge in [0, 0.05) is 12.8 Å². The van der Waals surface area contributed by atoms with Crippen LogP contribution < -0.4 is 5.32 Å². The molecule has 4 nitrogen and oxygen atoms in total. The molecule has 0 saturated carbocycles. The minimum Gasteiger partial charge on any atom is -0.379 e. The van der Waals surface area contributed by atoms with E-state index in [1.54, 1.807) is 0 Å². The molecule has 0 spiro atoms. The largest absolute Gasteiger partial charge is 0.379 e. The van der Waals surface area contributed by atoms with Crippen LogP contribution in [0.4, 0.5) is 4.39 Å². The molecular weight excluding hydrogens is 223 g/mol. The Balaban J connectivity index is 2.09. The third kappa shape index (κ3) is 2.79. The standard InChI is InChI=1S/C12H15FN2O2/c1-12(4-2-6-17-8-12)15-11(16)9-3-5-14-7-10(9)13/h3,5,7H,2,4,6,8H2,1H3,(H,15,16). The van der Waals surface area contributed by atoms with Gasteiger partial charge in [-0.2, -0.15) is 0 Å². The third-order valence-corrected chi connectivity index (χ3v) is 2.87. The first-order valence-corrected chi connectivity index (χ1v) is 5.60. The Hall–Kier alpha value is -1.49. The van der Waals surface area contributed by atoms with Crippen molar-refractivity contribution in [1.82, 2.24) is 10.3 Å². The van der Waals surface area contributed by atoms with Gasteiger partial charge >= 0.3 is 0 Å². The molecule has 5 heteroatoms. The molecule has 1 aliphatic rings. The number of hydrogen-bond donors (Lipinski definition) is 1. The summed E-state index contributed by atoms with van der Waals surface area (Å²) in [6.07, 6.45) is 4.17. The Morgan fingerprint density at radius 3 is 3.12 bits per heavy atom. The fourth-order valence-corrected chi connectivity index (χ4v) is 1.93. The number of aromatic nitrogens is 1. The van der Waals surface area contributed by atoms with E-state index >= 15 is 0 Å². The van der Waals surface area contributed by atoms with Crippen LogP contribution in [0.5, 0.6) is 0 Å². The normalized spacial score (nSPS) is 24.4. The molecule has 1 aliphatic heterocycles. The summed E-state index contributed by atoms with van der Waals surface area (Å²) in [5, 5.41) is 2.82. The zero-order valence-electron chi connectivity index (χ0n) is 9.70. The van der Waals surface area contributed by atoms with Crippen LogP contribution in [0.1, 0.15) is 30.1 Å². The van der Waals surface area contributed by atoms with E-state index in [1.807, 2.05) is 6.92 Å². The molecule has 1 unspecified atom stereocenters. The molecule has 2 rings (SSSR count). The van der Waals surface area contributed by atoms with E-state index in [0.717, 1.165) is 25.6 Å². The summed E-state index contributed by atoms with van der Waals surface area (Å²) in [6.45, 7) is 3.09. The van der Waals surface area contributed by atoms with Crippen molar-refractivity contribution >= 4 is 5.91 Å². The molecule has 0 radical (unpaired) electrons. The fraction of sp³-hybridized carbons (Fsp3) is 0.500. The van der Waals surface area contributed by atoms with Crippen LogP contribution in [0.3, 0.4) is 0 Å². The number of nitrogens with one attached hydrogen (secondary N) is 1. The summed E-state index contributed by atoms with van der Waals surface area (Å²) in [5.74, 6) is -1.02. The zero-order chi connectivity index (χ0) is 12.3. The number of ether oxygens (including phenoxy) is 1. The SMILES string of the molecule is CC1(NC(=O)c2ccncc2F)CCCOC1. The summed E-state index contributed by atoms with van der Waals surface area (Å²) in [6, 6.07) is 1.37. The average Bonchev–Trinajstić information content (AvgIpc) is 2.29. The highest BCUT2D eigenvalue weighted by atomic mass is 19.1. The van der Waals surface area contributed by atoms with Gasteiger partial charge in [0.15, 0.2) is 5.82 Å². The highest BCUT2D eigenvalue weighted by Crippen LogP contribution is 2.19. The van der Waals surface area contributed by atoms with Gasteiger partial charge in [-0.05, 0) is 25.8 Å². The summed E-state index contributed by atoms with van der Waals surface area (Å²) < 4.78 is 18.7. The van der Waals surface area contributed by atoms with Gasteiger partial charge < -0.3 is 10.1 Å². The Morgan fingerprint density at radius 2 is 2.47 bits per heavy atom. The van der Waals surface area contributed by atoms with E-state index in [9.17, 15) is 9.18 Å². The summed E-state index contributed by atoms with van der Waals surface area (Å²) in [4.78, 5) is 15.5. The molecule has 1 aromatic rings. The van der Waals surface area contributed by atoms with Crippen LogP contribution in [0, 0.1) is 5.82 Å². The van der Waals surface area contributed by atoms with Gasteiger partial charge in [-0.25, -0.2) is 4.39 Å². The number of hydrogen-bond acceptors (Lipinski definition) is 3. The molecule has 0 aromatic carbocycles. The lowest BCUT2D eigenvalue weighted by Crippen LogP contribution is -2.51. The van der Waals surface area contributed by atoms with Gasteiger partial charge in [0.25, 0.3) is 5.91 Å². The lowest BCUT2D eigenvalue weighted by Gasteiger charge is -2.34. The summed E-state index contributed by atoms with van der Waals surface area (Å²) >= 11 is 0. The number of nitrogens with zero attached hydrogens (tertiary/aromatic N) is 1. The lowest BCUT2D eigenvalue weighted by atomic mass is 9.94. The maximum Gasteiger partial charge on any atom is 0.254 e. The highest BCUT2D eigenvalue weighted by molar-refractivity contribution is 5.94. The molecule has 0 bridgehead atoms. The average molecular weight is 238 g/mol. The number of carbonyl (C=O) groups excluding carboxylic acids is 1. The topological polar surface area (TPSA) is 51.2 Å².